The van der Waals surface area contributed by atoms with Gasteiger partial charge in [0.15, 0.2) is 0 Å². The first-order chi connectivity index (χ1) is 8.81. The molecule has 0 aliphatic heterocycles. The fraction of sp³-hybridized carbons (Fsp3) is 0.467. The Kier molecular flexibility index (Phi) is 5.31. The smallest absolute Gasteiger partial charge is 0.217 e. The monoisotopic (exact) mass is 274 g/mol. The van der Waals surface area contributed by atoms with Crippen LogP contribution < -0.4 is 5.32 Å². The minimum absolute atomic E-state index is 0.0350. The number of aromatic nitrogens is 1. The van der Waals surface area contributed by atoms with Gasteiger partial charge in [0.25, 0.3) is 0 Å². The van der Waals surface area contributed by atoms with E-state index in [4.69, 9.17) is 0 Å². The van der Waals surface area contributed by atoms with Crippen LogP contribution in [0.1, 0.15) is 37.7 Å². The average Bonchev–Trinajstić information content (AvgIpc) is 2.33. The second kappa shape index (κ2) is 6.53. The first kappa shape index (κ1) is 15.5. The van der Waals surface area contributed by atoms with Crippen LogP contribution in [0.25, 0.3) is 0 Å². The van der Waals surface area contributed by atoms with Crippen molar-refractivity contribution in [3.05, 3.63) is 29.6 Å². The van der Waals surface area contributed by atoms with Crippen LogP contribution in [0.3, 0.4) is 0 Å². The van der Waals surface area contributed by atoms with Crippen molar-refractivity contribution in [1.82, 2.24) is 10.3 Å². The highest BCUT2D eigenvalue weighted by Gasteiger charge is 2.12. The molecule has 0 aromatic carbocycles. The average molecular weight is 274 g/mol. The van der Waals surface area contributed by atoms with Gasteiger partial charge in [-0.05, 0) is 18.6 Å². The number of carbonyl (C=O) groups excluding carboxylic acids is 1. The molecule has 0 saturated carbocycles. The highest BCUT2D eigenvalue weighted by Crippen LogP contribution is 2.14. The molecule has 0 fully saturated rings. The molecule has 0 unspecified atom stereocenters. The van der Waals surface area contributed by atoms with Gasteiger partial charge in [-0.3, -0.25) is 4.79 Å². The van der Waals surface area contributed by atoms with Crippen LogP contribution in [0.2, 0.25) is 19.6 Å². The van der Waals surface area contributed by atoms with Gasteiger partial charge >= 0.3 is 0 Å². The quantitative estimate of drug-likeness (QED) is 0.680. The lowest BCUT2D eigenvalue weighted by Crippen LogP contribution is -2.26. The third-order valence-corrected chi connectivity index (χ3v) is 3.35. The summed E-state index contributed by atoms with van der Waals surface area (Å²) in [6.07, 6.45) is 0.817. The van der Waals surface area contributed by atoms with Gasteiger partial charge in [0.05, 0.1) is 11.7 Å². The van der Waals surface area contributed by atoms with E-state index in [1.807, 2.05) is 25.1 Å². The molecule has 0 saturated heterocycles. The minimum atomic E-state index is -1.39. The molecular formula is C15H22N2OSi. The van der Waals surface area contributed by atoms with Gasteiger partial charge in [-0.25, -0.2) is 4.98 Å². The Morgan fingerprint density at radius 3 is 2.63 bits per heavy atom. The Morgan fingerprint density at radius 2 is 2.11 bits per heavy atom. The van der Waals surface area contributed by atoms with E-state index in [1.165, 1.54) is 6.92 Å². The molecule has 1 atom stereocenters. The summed E-state index contributed by atoms with van der Waals surface area (Å²) in [6.45, 7) is 10.2. The maximum Gasteiger partial charge on any atom is 0.217 e. The molecule has 0 spiro atoms. The van der Waals surface area contributed by atoms with Crippen LogP contribution in [0.15, 0.2) is 18.2 Å². The first-order valence-electron chi connectivity index (χ1n) is 6.59. The number of carbonyl (C=O) groups is 1. The highest BCUT2D eigenvalue weighted by molar-refractivity contribution is 6.83. The lowest BCUT2D eigenvalue weighted by Gasteiger charge is -2.15. The number of nitrogens with one attached hydrogen (secondary N) is 1. The SMILES string of the molecule is CC[C@H](NC(C)=O)c1cccc(C#C[Si](C)(C)C)n1. The van der Waals surface area contributed by atoms with Crippen molar-refractivity contribution < 1.29 is 4.79 Å². The van der Waals surface area contributed by atoms with Crippen molar-refractivity contribution in [3.63, 3.8) is 0 Å². The van der Waals surface area contributed by atoms with Crippen LogP contribution in [0.4, 0.5) is 0 Å². The van der Waals surface area contributed by atoms with Gasteiger partial charge < -0.3 is 5.32 Å². The van der Waals surface area contributed by atoms with Crippen molar-refractivity contribution in [3.8, 4) is 11.5 Å². The fourth-order valence-corrected chi connectivity index (χ4v) is 2.10. The van der Waals surface area contributed by atoms with E-state index in [1.54, 1.807) is 0 Å². The second-order valence-electron chi connectivity index (χ2n) is 5.61. The van der Waals surface area contributed by atoms with Crippen LogP contribution in [-0.2, 0) is 4.79 Å². The van der Waals surface area contributed by atoms with Crippen molar-refractivity contribution in [2.45, 2.75) is 46.0 Å². The van der Waals surface area contributed by atoms with Crippen molar-refractivity contribution in [2.24, 2.45) is 0 Å². The van der Waals surface area contributed by atoms with Crippen molar-refractivity contribution in [2.75, 3.05) is 0 Å². The number of nitrogens with zero attached hydrogens (tertiary/aromatic N) is 1. The molecule has 1 heterocycles. The molecule has 1 rings (SSSR count). The molecule has 1 aromatic heterocycles. The topological polar surface area (TPSA) is 42.0 Å². The van der Waals surface area contributed by atoms with Gasteiger partial charge in [-0.15, -0.1) is 5.54 Å². The standard InChI is InChI=1S/C15H22N2OSi/c1-6-14(16-12(2)18)15-9-7-8-13(17-15)10-11-19(3,4)5/h7-9,14H,6H2,1-5H3,(H,16,18)/t14-/m0/s1. The molecular weight excluding hydrogens is 252 g/mol. The molecule has 102 valence electrons. The van der Waals surface area contributed by atoms with Crippen LogP contribution in [0, 0.1) is 11.5 Å². The predicted octanol–water partition coefficient (Wildman–Crippen LogP) is 2.90. The number of amides is 1. The summed E-state index contributed by atoms with van der Waals surface area (Å²) < 4.78 is 0. The Bertz CT molecular complexity index is 509. The number of hydrogen-bond acceptors (Lipinski definition) is 2. The fourth-order valence-electron chi connectivity index (χ4n) is 1.60. The Morgan fingerprint density at radius 1 is 1.42 bits per heavy atom. The summed E-state index contributed by atoms with van der Waals surface area (Å²) in [4.78, 5) is 15.7. The Balaban J connectivity index is 2.98. The number of hydrogen-bond donors (Lipinski definition) is 1. The first-order valence-corrected chi connectivity index (χ1v) is 10.1. The molecule has 3 nitrogen and oxygen atoms in total. The summed E-state index contributed by atoms with van der Waals surface area (Å²) in [5.74, 6) is 3.11. The summed E-state index contributed by atoms with van der Waals surface area (Å²) in [7, 11) is -1.39. The van der Waals surface area contributed by atoms with E-state index in [9.17, 15) is 4.79 Å². The number of rotatable bonds is 3. The van der Waals surface area contributed by atoms with Crippen LogP contribution >= 0.6 is 0 Å². The van der Waals surface area contributed by atoms with E-state index >= 15 is 0 Å². The van der Waals surface area contributed by atoms with E-state index < -0.39 is 8.07 Å². The second-order valence-corrected chi connectivity index (χ2v) is 10.4. The Labute approximate surface area is 116 Å². The summed E-state index contributed by atoms with van der Waals surface area (Å²) >= 11 is 0. The molecule has 1 aromatic rings. The third kappa shape index (κ3) is 5.71. The van der Waals surface area contributed by atoms with E-state index in [0.717, 1.165) is 17.8 Å². The molecule has 0 aliphatic rings. The van der Waals surface area contributed by atoms with E-state index in [2.05, 4.69) is 41.4 Å². The summed E-state index contributed by atoms with van der Waals surface area (Å²) in [5.41, 5.74) is 4.96. The Hall–Kier alpha value is -1.60. The summed E-state index contributed by atoms with van der Waals surface area (Å²) in [6, 6.07) is 5.76. The molecule has 0 radical (unpaired) electrons. The minimum Gasteiger partial charge on any atom is -0.348 e. The molecule has 0 bridgehead atoms. The molecule has 1 N–H and O–H groups in total. The highest BCUT2D eigenvalue weighted by atomic mass is 28.3. The summed E-state index contributed by atoms with van der Waals surface area (Å²) in [5, 5.41) is 2.90. The largest absolute Gasteiger partial charge is 0.348 e. The van der Waals surface area contributed by atoms with Gasteiger partial charge in [0, 0.05) is 6.92 Å². The van der Waals surface area contributed by atoms with Crippen LogP contribution in [0.5, 0.6) is 0 Å². The zero-order chi connectivity index (χ0) is 14.5. The van der Waals surface area contributed by atoms with Gasteiger partial charge in [0.1, 0.15) is 13.8 Å². The van der Waals surface area contributed by atoms with Crippen molar-refractivity contribution in [1.29, 1.82) is 0 Å². The van der Waals surface area contributed by atoms with Gasteiger partial charge in [0.2, 0.25) is 5.91 Å². The predicted molar refractivity (Wildman–Crippen MR) is 81.3 cm³/mol. The maximum absolute atomic E-state index is 11.2. The molecule has 4 heteroatoms. The normalized spacial score (nSPS) is 12.3. The number of pyridine rings is 1. The molecule has 1 amide bonds. The van der Waals surface area contributed by atoms with E-state index in [0.29, 0.717) is 0 Å². The zero-order valence-electron chi connectivity index (χ0n) is 12.4. The van der Waals surface area contributed by atoms with E-state index in [-0.39, 0.29) is 11.9 Å². The van der Waals surface area contributed by atoms with Gasteiger partial charge in [-0.2, -0.15) is 0 Å². The lowest BCUT2D eigenvalue weighted by molar-refractivity contribution is -0.119. The van der Waals surface area contributed by atoms with Crippen LogP contribution in [-0.4, -0.2) is 19.0 Å². The zero-order valence-corrected chi connectivity index (χ0v) is 13.4. The maximum atomic E-state index is 11.2. The molecule has 19 heavy (non-hydrogen) atoms. The van der Waals surface area contributed by atoms with Gasteiger partial charge in [-0.1, -0.05) is 38.6 Å². The molecule has 0 aliphatic carbocycles. The van der Waals surface area contributed by atoms with Crippen molar-refractivity contribution >= 4 is 14.0 Å². The third-order valence-electron chi connectivity index (χ3n) is 2.48. The lowest BCUT2D eigenvalue weighted by atomic mass is 10.1.